The molecule has 76 valence electrons. The van der Waals surface area contributed by atoms with Crippen molar-refractivity contribution in [1.82, 2.24) is 5.32 Å². The molecule has 0 unspecified atom stereocenters. The summed E-state index contributed by atoms with van der Waals surface area (Å²) >= 11 is 0. The number of nitrogens with two attached hydrogens (primary N) is 1. The van der Waals surface area contributed by atoms with E-state index in [0.717, 1.165) is 0 Å². The summed E-state index contributed by atoms with van der Waals surface area (Å²) in [5.41, 5.74) is 3.30. The number of nitrogens with one attached hydrogen (secondary N) is 1. The Hall–Kier alpha value is -0.950. The van der Waals surface area contributed by atoms with E-state index in [-0.39, 0.29) is 5.57 Å². The molecule has 0 atom stereocenters. The van der Waals surface area contributed by atoms with Crippen LogP contribution in [-0.4, -0.2) is 46.7 Å². The maximum atomic E-state index is 10.7. The van der Waals surface area contributed by atoms with Crippen molar-refractivity contribution in [2.24, 2.45) is 5.73 Å². The van der Waals surface area contributed by atoms with Crippen LogP contribution in [0.15, 0.2) is 12.2 Å². The maximum Gasteiger partial charge on any atom is 0.246 e. The summed E-state index contributed by atoms with van der Waals surface area (Å²) in [7, 11) is 0. The van der Waals surface area contributed by atoms with Gasteiger partial charge in [-0.15, -0.1) is 0 Å². The highest BCUT2D eigenvalue weighted by atomic mass is 16.3. The zero-order valence-electron chi connectivity index (χ0n) is 7.16. The lowest BCUT2D eigenvalue weighted by molar-refractivity contribution is -0.115. The van der Waals surface area contributed by atoms with Crippen molar-refractivity contribution in [2.75, 3.05) is 19.9 Å². The third-order valence-electron chi connectivity index (χ3n) is 1.83. The van der Waals surface area contributed by atoms with E-state index in [1.54, 1.807) is 0 Å². The Kier molecular flexibility index (Phi) is 4.57. The number of hydrogen-bond donors (Lipinski definition) is 5. The second-order valence-corrected chi connectivity index (χ2v) is 2.58. The first kappa shape index (κ1) is 12.0. The number of aliphatic hydroxyl groups is 3. The van der Waals surface area contributed by atoms with Gasteiger partial charge in [-0.25, -0.2) is 0 Å². The molecule has 0 aliphatic rings. The van der Waals surface area contributed by atoms with Crippen molar-refractivity contribution in [3.63, 3.8) is 0 Å². The molecular formula is C7H14N2O4. The second-order valence-electron chi connectivity index (χ2n) is 2.58. The van der Waals surface area contributed by atoms with Crippen LogP contribution < -0.4 is 11.1 Å². The molecule has 0 saturated carbocycles. The zero-order chi connectivity index (χ0) is 10.5. The first-order valence-corrected chi connectivity index (χ1v) is 3.61. The van der Waals surface area contributed by atoms with Crippen molar-refractivity contribution in [3.05, 3.63) is 12.2 Å². The summed E-state index contributed by atoms with van der Waals surface area (Å²) in [4.78, 5) is 10.7. The molecule has 13 heavy (non-hydrogen) atoms. The normalized spacial score (nSPS) is 11.3. The predicted octanol–water partition coefficient (Wildman–Crippen LogP) is -2.71. The molecule has 0 spiro atoms. The minimum atomic E-state index is -1.44. The molecule has 6 heteroatoms. The lowest BCUT2D eigenvalue weighted by Crippen LogP contribution is -2.55. The average Bonchev–Trinajstić information content (AvgIpc) is 2.13. The molecule has 0 rings (SSSR count). The van der Waals surface area contributed by atoms with Gasteiger partial charge in [-0.2, -0.15) is 0 Å². The Balaban J connectivity index is 4.74. The quantitative estimate of drug-likeness (QED) is 0.231. The average molecular weight is 190 g/mol. The van der Waals surface area contributed by atoms with E-state index in [9.17, 15) is 4.79 Å². The van der Waals surface area contributed by atoms with Crippen LogP contribution in [0.5, 0.6) is 0 Å². The Morgan fingerprint density at radius 1 is 1.38 bits per heavy atom. The molecule has 1 amide bonds. The SMILES string of the molecule is C=C(C(N)=O)C(CO)(CO)NCO. The fourth-order valence-electron chi connectivity index (χ4n) is 0.847. The third kappa shape index (κ3) is 2.49. The predicted molar refractivity (Wildman–Crippen MR) is 45.5 cm³/mol. The van der Waals surface area contributed by atoms with Gasteiger partial charge in [0.1, 0.15) is 0 Å². The number of carbonyl (C=O) groups excluding carboxylic acids is 1. The number of primary amides is 1. The van der Waals surface area contributed by atoms with Crippen LogP contribution in [0.4, 0.5) is 0 Å². The van der Waals surface area contributed by atoms with Crippen LogP contribution in [0.25, 0.3) is 0 Å². The van der Waals surface area contributed by atoms with Crippen LogP contribution in [0, 0.1) is 0 Å². The van der Waals surface area contributed by atoms with Gasteiger partial charge >= 0.3 is 0 Å². The van der Waals surface area contributed by atoms with Gasteiger partial charge in [-0.3, -0.25) is 10.1 Å². The molecule has 0 aliphatic carbocycles. The molecule has 0 bridgehead atoms. The number of amides is 1. The van der Waals surface area contributed by atoms with Crippen molar-refractivity contribution in [3.8, 4) is 0 Å². The van der Waals surface area contributed by atoms with E-state index >= 15 is 0 Å². The highest BCUT2D eigenvalue weighted by Crippen LogP contribution is 2.13. The summed E-state index contributed by atoms with van der Waals surface area (Å²) in [5, 5.41) is 28.7. The maximum absolute atomic E-state index is 10.7. The second kappa shape index (κ2) is 4.93. The highest BCUT2D eigenvalue weighted by Gasteiger charge is 2.34. The molecule has 6 N–H and O–H groups in total. The van der Waals surface area contributed by atoms with E-state index in [0.29, 0.717) is 0 Å². The third-order valence-corrected chi connectivity index (χ3v) is 1.83. The summed E-state index contributed by atoms with van der Waals surface area (Å²) in [5.74, 6) is -0.843. The standard InChI is InChI=1S/C7H14N2O4/c1-5(6(8)13)7(2-10,3-11)9-4-12/h9-12H,1-4H2,(H2,8,13). The van der Waals surface area contributed by atoms with Gasteiger partial charge in [0.05, 0.1) is 25.5 Å². The molecule has 0 fully saturated rings. The number of aliphatic hydroxyl groups excluding tert-OH is 3. The molecule has 0 saturated heterocycles. The Labute approximate surface area is 75.7 Å². The summed E-state index contributed by atoms with van der Waals surface area (Å²) in [6.07, 6.45) is 0. The first-order chi connectivity index (χ1) is 6.04. The molecule has 0 aromatic heterocycles. The number of hydrogen-bond acceptors (Lipinski definition) is 5. The monoisotopic (exact) mass is 190 g/mol. The van der Waals surface area contributed by atoms with Gasteiger partial charge in [-0.1, -0.05) is 6.58 Å². The van der Waals surface area contributed by atoms with Crippen LogP contribution in [-0.2, 0) is 4.79 Å². The van der Waals surface area contributed by atoms with Crippen LogP contribution in [0.1, 0.15) is 0 Å². The van der Waals surface area contributed by atoms with Crippen LogP contribution in [0.3, 0.4) is 0 Å². The Bertz CT molecular complexity index is 201. The van der Waals surface area contributed by atoms with Crippen LogP contribution >= 0.6 is 0 Å². The summed E-state index contributed by atoms with van der Waals surface area (Å²) in [6.45, 7) is 1.66. The van der Waals surface area contributed by atoms with Gasteiger partial charge in [0.2, 0.25) is 5.91 Å². The lowest BCUT2D eigenvalue weighted by Gasteiger charge is -2.30. The van der Waals surface area contributed by atoms with Gasteiger partial charge in [0, 0.05) is 5.57 Å². The number of rotatable bonds is 6. The molecule has 0 aliphatic heterocycles. The topological polar surface area (TPSA) is 116 Å². The van der Waals surface area contributed by atoms with Gasteiger partial charge in [0.25, 0.3) is 0 Å². The van der Waals surface area contributed by atoms with Crippen molar-refractivity contribution in [2.45, 2.75) is 5.54 Å². The molecule has 0 radical (unpaired) electrons. The minimum absolute atomic E-state index is 0.174. The first-order valence-electron chi connectivity index (χ1n) is 3.61. The van der Waals surface area contributed by atoms with Gasteiger partial charge < -0.3 is 21.1 Å². The van der Waals surface area contributed by atoms with Gasteiger partial charge in [-0.05, 0) is 0 Å². The fraction of sp³-hybridized carbons (Fsp3) is 0.571. The lowest BCUT2D eigenvalue weighted by atomic mass is 9.92. The molecule has 6 nitrogen and oxygen atoms in total. The summed E-state index contributed by atoms with van der Waals surface area (Å²) in [6, 6.07) is 0. The van der Waals surface area contributed by atoms with E-state index in [1.807, 2.05) is 0 Å². The van der Waals surface area contributed by atoms with Crippen molar-refractivity contribution < 1.29 is 20.1 Å². The van der Waals surface area contributed by atoms with Crippen molar-refractivity contribution >= 4 is 5.91 Å². The fourth-order valence-corrected chi connectivity index (χ4v) is 0.847. The molecule has 0 heterocycles. The smallest absolute Gasteiger partial charge is 0.246 e. The number of carbonyl (C=O) groups is 1. The van der Waals surface area contributed by atoms with Crippen molar-refractivity contribution in [1.29, 1.82) is 0 Å². The Morgan fingerprint density at radius 2 is 1.85 bits per heavy atom. The zero-order valence-corrected chi connectivity index (χ0v) is 7.16. The highest BCUT2D eigenvalue weighted by molar-refractivity contribution is 5.93. The van der Waals surface area contributed by atoms with E-state index in [1.165, 1.54) is 0 Å². The van der Waals surface area contributed by atoms with E-state index < -0.39 is 31.4 Å². The molecule has 0 aromatic rings. The molecule has 0 aromatic carbocycles. The minimum Gasteiger partial charge on any atom is -0.394 e. The van der Waals surface area contributed by atoms with Crippen LogP contribution in [0.2, 0.25) is 0 Å². The largest absolute Gasteiger partial charge is 0.394 e. The van der Waals surface area contributed by atoms with E-state index in [4.69, 9.17) is 21.1 Å². The van der Waals surface area contributed by atoms with E-state index in [2.05, 4.69) is 11.9 Å². The summed E-state index contributed by atoms with van der Waals surface area (Å²) < 4.78 is 0. The molecular weight excluding hydrogens is 176 g/mol. The van der Waals surface area contributed by atoms with Gasteiger partial charge in [0.15, 0.2) is 0 Å². The Morgan fingerprint density at radius 3 is 2.08 bits per heavy atom.